The van der Waals surface area contributed by atoms with Crippen molar-refractivity contribution in [3.63, 3.8) is 0 Å². The van der Waals surface area contributed by atoms with Crippen molar-refractivity contribution in [1.82, 2.24) is 10.2 Å². The summed E-state index contributed by atoms with van der Waals surface area (Å²) in [4.78, 5) is 12.7. The lowest BCUT2D eigenvalue weighted by Gasteiger charge is -2.13. The zero-order valence-corrected chi connectivity index (χ0v) is 13.8. The van der Waals surface area contributed by atoms with E-state index in [4.69, 9.17) is 14.2 Å². The van der Waals surface area contributed by atoms with E-state index in [-0.39, 0.29) is 12.2 Å². The van der Waals surface area contributed by atoms with E-state index in [1.165, 1.54) is 14.2 Å². The van der Waals surface area contributed by atoms with E-state index in [2.05, 4.69) is 10.2 Å². The Morgan fingerprint density at radius 2 is 1.71 bits per heavy atom. The van der Waals surface area contributed by atoms with Crippen molar-refractivity contribution in [3.05, 3.63) is 47.7 Å². The molecule has 0 saturated heterocycles. The van der Waals surface area contributed by atoms with Crippen LogP contribution in [0.3, 0.4) is 0 Å². The first-order valence-electron chi connectivity index (χ1n) is 7.41. The zero-order valence-electron chi connectivity index (χ0n) is 13.8. The first-order valence-corrected chi connectivity index (χ1v) is 7.41. The molecule has 0 fully saturated rings. The molecule has 1 N–H and O–H groups in total. The third-order valence-electron chi connectivity index (χ3n) is 3.88. The Hall–Kier alpha value is -3.02. The van der Waals surface area contributed by atoms with Gasteiger partial charge in [-0.05, 0) is 23.8 Å². The van der Waals surface area contributed by atoms with E-state index in [1.807, 2.05) is 18.2 Å². The number of methoxy groups -OCH3 is 3. The molecule has 124 valence electrons. The van der Waals surface area contributed by atoms with Gasteiger partial charge in [0.15, 0.2) is 17.3 Å². The predicted molar refractivity (Wildman–Crippen MR) is 90.2 cm³/mol. The quantitative estimate of drug-likeness (QED) is 0.705. The summed E-state index contributed by atoms with van der Waals surface area (Å²) in [5.74, 6) is 1.41. The number of benzene rings is 2. The van der Waals surface area contributed by atoms with Crippen LogP contribution in [0.4, 0.5) is 0 Å². The maximum Gasteiger partial charge on any atom is 0.171 e. The van der Waals surface area contributed by atoms with Gasteiger partial charge < -0.3 is 14.2 Å². The fraction of sp³-hybridized carbons (Fsp3) is 0.222. The van der Waals surface area contributed by atoms with Gasteiger partial charge in [-0.2, -0.15) is 5.10 Å². The Kier molecular flexibility index (Phi) is 4.37. The minimum atomic E-state index is -0.0596. The van der Waals surface area contributed by atoms with Crippen LogP contribution in [0.5, 0.6) is 17.2 Å². The van der Waals surface area contributed by atoms with Gasteiger partial charge in [0.05, 0.1) is 38.6 Å². The number of aromatic amines is 1. The molecule has 0 radical (unpaired) electrons. The van der Waals surface area contributed by atoms with Crippen molar-refractivity contribution >= 4 is 16.7 Å². The Bertz CT molecular complexity index is 886. The van der Waals surface area contributed by atoms with Gasteiger partial charge in [-0.15, -0.1) is 0 Å². The molecule has 3 aromatic rings. The first-order chi connectivity index (χ1) is 11.7. The third-order valence-corrected chi connectivity index (χ3v) is 3.88. The fourth-order valence-corrected chi connectivity index (χ4v) is 2.63. The number of ketones is 1. The minimum Gasteiger partial charge on any atom is -0.496 e. The van der Waals surface area contributed by atoms with Crippen molar-refractivity contribution in [3.8, 4) is 17.2 Å². The van der Waals surface area contributed by atoms with Crippen LogP contribution in [0.25, 0.3) is 10.9 Å². The van der Waals surface area contributed by atoms with Gasteiger partial charge in [-0.25, -0.2) is 0 Å². The van der Waals surface area contributed by atoms with Gasteiger partial charge in [0.1, 0.15) is 5.75 Å². The Labute approximate surface area is 139 Å². The standard InChI is InChI=1S/C18H18N2O4/c1-22-16-9-18(24-3)17(23-2)8-13(16)15(21)7-11-4-5-14-12(6-11)10-19-20-14/h4-6,8-10H,7H2,1-3H3,(H,19,20). The second-order valence-corrected chi connectivity index (χ2v) is 5.30. The summed E-state index contributed by atoms with van der Waals surface area (Å²) in [5, 5.41) is 7.85. The molecule has 0 spiro atoms. The number of aromatic nitrogens is 2. The Balaban J connectivity index is 1.93. The summed E-state index contributed by atoms with van der Waals surface area (Å²) in [6.45, 7) is 0. The zero-order chi connectivity index (χ0) is 17.1. The maximum atomic E-state index is 12.7. The van der Waals surface area contributed by atoms with Crippen LogP contribution in [0, 0.1) is 0 Å². The molecule has 0 bridgehead atoms. The highest BCUT2D eigenvalue weighted by Crippen LogP contribution is 2.35. The fourth-order valence-electron chi connectivity index (χ4n) is 2.63. The number of carbonyl (C=O) groups excluding carboxylic acids is 1. The molecule has 3 rings (SSSR count). The van der Waals surface area contributed by atoms with Gasteiger partial charge in [-0.1, -0.05) is 6.07 Å². The van der Waals surface area contributed by atoms with Crippen LogP contribution in [0.2, 0.25) is 0 Å². The van der Waals surface area contributed by atoms with Gasteiger partial charge in [0.25, 0.3) is 0 Å². The summed E-state index contributed by atoms with van der Waals surface area (Å²) in [6.07, 6.45) is 1.99. The SMILES string of the molecule is COc1cc(OC)c(C(=O)Cc2ccc3[nH]ncc3c2)cc1OC. The number of nitrogens with one attached hydrogen (secondary N) is 1. The molecular formula is C18H18N2O4. The normalized spacial score (nSPS) is 10.6. The van der Waals surface area contributed by atoms with Crippen LogP contribution in [-0.4, -0.2) is 37.3 Å². The molecule has 1 heterocycles. The number of fused-ring (bicyclic) bond motifs is 1. The molecule has 0 atom stereocenters. The van der Waals surface area contributed by atoms with Gasteiger partial charge >= 0.3 is 0 Å². The van der Waals surface area contributed by atoms with Crippen LogP contribution in [-0.2, 0) is 6.42 Å². The molecule has 0 aliphatic carbocycles. The van der Waals surface area contributed by atoms with Crippen LogP contribution < -0.4 is 14.2 Å². The van der Waals surface area contributed by atoms with E-state index < -0.39 is 0 Å². The van der Waals surface area contributed by atoms with Gasteiger partial charge in [0.2, 0.25) is 0 Å². The number of rotatable bonds is 6. The second kappa shape index (κ2) is 6.62. The summed E-state index contributed by atoms with van der Waals surface area (Å²) < 4.78 is 15.9. The lowest BCUT2D eigenvalue weighted by atomic mass is 10.0. The average Bonchev–Trinajstić information content (AvgIpc) is 3.08. The summed E-state index contributed by atoms with van der Waals surface area (Å²) in [5.41, 5.74) is 2.31. The molecule has 6 heteroatoms. The number of carbonyl (C=O) groups is 1. The monoisotopic (exact) mass is 326 g/mol. The average molecular weight is 326 g/mol. The summed E-state index contributed by atoms with van der Waals surface area (Å²) in [6, 6.07) is 9.08. The van der Waals surface area contributed by atoms with Crippen molar-refractivity contribution in [2.45, 2.75) is 6.42 Å². The lowest BCUT2D eigenvalue weighted by molar-refractivity contribution is 0.0989. The summed E-state index contributed by atoms with van der Waals surface area (Å²) >= 11 is 0. The highest BCUT2D eigenvalue weighted by molar-refractivity contribution is 6.01. The molecule has 0 aliphatic heterocycles. The van der Waals surface area contributed by atoms with Crippen LogP contribution >= 0.6 is 0 Å². The number of ether oxygens (including phenoxy) is 3. The molecule has 0 saturated carbocycles. The highest BCUT2D eigenvalue weighted by Gasteiger charge is 2.18. The minimum absolute atomic E-state index is 0.0596. The second-order valence-electron chi connectivity index (χ2n) is 5.30. The maximum absolute atomic E-state index is 12.7. The van der Waals surface area contributed by atoms with Crippen molar-refractivity contribution in [2.24, 2.45) is 0 Å². The van der Waals surface area contributed by atoms with E-state index >= 15 is 0 Å². The number of H-pyrrole nitrogens is 1. The van der Waals surface area contributed by atoms with E-state index in [1.54, 1.807) is 25.4 Å². The Morgan fingerprint density at radius 3 is 2.42 bits per heavy atom. The molecular weight excluding hydrogens is 308 g/mol. The summed E-state index contributed by atoms with van der Waals surface area (Å²) in [7, 11) is 4.60. The van der Waals surface area contributed by atoms with Gasteiger partial charge in [0, 0.05) is 17.9 Å². The smallest absolute Gasteiger partial charge is 0.171 e. The van der Waals surface area contributed by atoms with E-state index in [9.17, 15) is 4.79 Å². The van der Waals surface area contributed by atoms with Crippen LogP contribution in [0.15, 0.2) is 36.5 Å². The molecule has 0 unspecified atom stereocenters. The molecule has 0 amide bonds. The number of hydrogen-bond acceptors (Lipinski definition) is 5. The Morgan fingerprint density at radius 1 is 1.00 bits per heavy atom. The topological polar surface area (TPSA) is 73.4 Å². The molecule has 0 aliphatic rings. The van der Waals surface area contributed by atoms with E-state index in [0.29, 0.717) is 22.8 Å². The van der Waals surface area contributed by atoms with Gasteiger partial charge in [-0.3, -0.25) is 9.89 Å². The first kappa shape index (κ1) is 15.9. The molecule has 6 nitrogen and oxygen atoms in total. The number of hydrogen-bond donors (Lipinski definition) is 1. The number of Topliss-reactive ketones (excluding diaryl/α,β-unsaturated/α-hetero) is 1. The van der Waals surface area contributed by atoms with Crippen LogP contribution in [0.1, 0.15) is 15.9 Å². The largest absolute Gasteiger partial charge is 0.496 e. The van der Waals surface area contributed by atoms with Crippen molar-refractivity contribution in [2.75, 3.05) is 21.3 Å². The van der Waals surface area contributed by atoms with E-state index in [0.717, 1.165) is 16.5 Å². The molecule has 1 aromatic heterocycles. The molecule has 24 heavy (non-hydrogen) atoms. The van der Waals surface area contributed by atoms with Crippen molar-refractivity contribution in [1.29, 1.82) is 0 Å². The third kappa shape index (κ3) is 2.90. The molecule has 2 aromatic carbocycles. The predicted octanol–water partition coefficient (Wildman–Crippen LogP) is 3.01. The highest BCUT2D eigenvalue weighted by atomic mass is 16.5. The number of nitrogens with zero attached hydrogens (tertiary/aromatic N) is 1. The lowest BCUT2D eigenvalue weighted by Crippen LogP contribution is -2.07. The van der Waals surface area contributed by atoms with Crippen molar-refractivity contribution < 1.29 is 19.0 Å².